The maximum Gasteiger partial charge on any atom is 0.319 e. The van der Waals surface area contributed by atoms with Gasteiger partial charge in [0.15, 0.2) is 0 Å². The Balaban J connectivity index is 2.24. The van der Waals surface area contributed by atoms with Crippen LogP contribution < -0.4 is 0 Å². The third-order valence-corrected chi connectivity index (χ3v) is 3.22. The first-order chi connectivity index (χ1) is 5.74. The molecule has 1 fully saturated rings. The van der Waals surface area contributed by atoms with Crippen LogP contribution in [-0.4, -0.2) is 17.9 Å². The fraction of sp³-hybridized carbons (Fsp3) is 0.889. The van der Waals surface area contributed by atoms with E-state index in [0.717, 1.165) is 12.3 Å². The van der Waals surface area contributed by atoms with E-state index in [1.165, 1.54) is 32.8 Å². The highest BCUT2D eigenvalue weighted by atomic mass is 79.9. The summed E-state index contributed by atoms with van der Waals surface area (Å²) in [5, 5.41) is 0. The van der Waals surface area contributed by atoms with Crippen molar-refractivity contribution in [2.75, 3.05) is 7.11 Å². The number of ether oxygens (including phenoxy) is 1. The monoisotopic (exact) mass is 234 g/mol. The molecule has 0 saturated heterocycles. The zero-order chi connectivity index (χ0) is 8.97. The number of rotatable bonds is 3. The van der Waals surface area contributed by atoms with Crippen molar-refractivity contribution < 1.29 is 9.53 Å². The molecule has 1 saturated carbocycles. The molecule has 0 amide bonds. The molecule has 1 rings (SSSR count). The quantitative estimate of drug-likeness (QED) is 0.555. The Kier molecular flexibility index (Phi) is 4.06. The standard InChI is InChI=1S/C9H15BrO2/c1-12-9(11)8(10)6-7-4-2-3-5-7/h7-8H,2-6H2,1H3/t8-/m1/s1. The van der Waals surface area contributed by atoms with Gasteiger partial charge in [0, 0.05) is 0 Å². The minimum Gasteiger partial charge on any atom is -0.468 e. The third-order valence-electron chi connectivity index (χ3n) is 2.47. The van der Waals surface area contributed by atoms with Crippen molar-refractivity contribution in [3.63, 3.8) is 0 Å². The minimum atomic E-state index is -0.137. The van der Waals surface area contributed by atoms with Gasteiger partial charge in [-0.15, -0.1) is 0 Å². The van der Waals surface area contributed by atoms with Gasteiger partial charge in [-0.3, -0.25) is 4.79 Å². The molecule has 12 heavy (non-hydrogen) atoms. The van der Waals surface area contributed by atoms with E-state index in [0.29, 0.717) is 0 Å². The summed E-state index contributed by atoms with van der Waals surface area (Å²) in [5.74, 6) is 0.593. The zero-order valence-electron chi connectivity index (χ0n) is 7.38. The Hall–Kier alpha value is -0.0500. The van der Waals surface area contributed by atoms with Gasteiger partial charge in [-0.2, -0.15) is 0 Å². The average Bonchev–Trinajstić information content (AvgIpc) is 2.55. The molecule has 1 aliphatic rings. The van der Waals surface area contributed by atoms with Gasteiger partial charge in [-0.05, 0) is 12.3 Å². The summed E-state index contributed by atoms with van der Waals surface area (Å²) >= 11 is 3.34. The van der Waals surface area contributed by atoms with Crippen LogP contribution in [0.15, 0.2) is 0 Å². The molecule has 0 aromatic heterocycles. The van der Waals surface area contributed by atoms with Crippen molar-refractivity contribution in [3.8, 4) is 0 Å². The fourth-order valence-corrected chi connectivity index (χ4v) is 2.48. The molecule has 0 spiro atoms. The van der Waals surface area contributed by atoms with Crippen LogP contribution in [0.3, 0.4) is 0 Å². The second-order valence-corrected chi connectivity index (χ2v) is 4.48. The summed E-state index contributed by atoms with van der Waals surface area (Å²) in [6.07, 6.45) is 6.14. The Morgan fingerprint density at radius 2 is 2.17 bits per heavy atom. The molecule has 0 radical (unpaired) electrons. The van der Waals surface area contributed by atoms with Crippen LogP contribution in [0.2, 0.25) is 0 Å². The lowest BCUT2D eigenvalue weighted by Crippen LogP contribution is -2.18. The SMILES string of the molecule is COC(=O)[C@H](Br)CC1CCCC1. The second-order valence-electron chi connectivity index (χ2n) is 3.38. The summed E-state index contributed by atoms with van der Waals surface area (Å²) in [6.45, 7) is 0. The van der Waals surface area contributed by atoms with E-state index in [9.17, 15) is 4.79 Å². The summed E-state index contributed by atoms with van der Waals surface area (Å²) in [4.78, 5) is 10.9. The van der Waals surface area contributed by atoms with Crippen LogP contribution in [0.4, 0.5) is 0 Å². The van der Waals surface area contributed by atoms with Crippen LogP contribution in [0.1, 0.15) is 32.1 Å². The lowest BCUT2D eigenvalue weighted by atomic mass is 10.0. The predicted molar refractivity (Wildman–Crippen MR) is 51.3 cm³/mol. The smallest absolute Gasteiger partial charge is 0.319 e. The molecule has 0 aliphatic heterocycles. The number of methoxy groups -OCH3 is 1. The number of carbonyl (C=O) groups excluding carboxylic acids is 1. The summed E-state index contributed by atoms with van der Waals surface area (Å²) in [7, 11) is 1.44. The topological polar surface area (TPSA) is 26.3 Å². The van der Waals surface area contributed by atoms with E-state index >= 15 is 0 Å². The van der Waals surface area contributed by atoms with Crippen LogP contribution in [-0.2, 0) is 9.53 Å². The third kappa shape index (κ3) is 2.77. The molecule has 3 heteroatoms. The van der Waals surface area contributed by atoms with Gasteiger partial charge in [0.05, 0.1) is 7.11 Å². The molecule has 0 aromatic carbocycles. The van der Waals surface area contributed by atoms with Gasteiger partial charge in [0.25, 0.3) is 0 Å². The van der Waals surface area contributed by atoms with E-state index in [-0.39, 0.29) is 10.8 Å². The highest BCUT2D eigenvalue weighted by molar-refractivity contribution is 9.10. The Bertz CT molecular complexity index is 153. The van der Waals surface area contributed by atoms with E-state index in [1.54, 1.807) is 0 Å². The van der Waals surface area contributed by atoms with E-state index in [2.05, 4.69) is 20.7 Å². The number of alkyl halides is 1. The van der Waals surface area contributed by atoms with Crippen LogP contribution in [0, 0.1) is 5.92 Å². The summed E-state index contributed by atoms with van der Waals surface area (Å²) < 4.78 is 4.64. The number of hydrogen-bond donors (Lipinski definition) is 0. The average molecular weight is 235 g/mol. The van der Waals surface area contributed by atoms with Gasteiger partial charge in [-0.25, -0.2) is 0 Å². The Labute approximate surface area is 81.8 Å². The highest BCUT2D eigenvalue weighted by Gasteiger charge is 2.23. The molecule has 0 bridgehead atoms. The number of hydrogen-bond acceptors (Lipinski definition) is 2. The van der Waals surface area contributed by atoms with Crippen LogP contribution in [0.5, 0.6) is 0 Å². The molecular weight excluding hydrogens is 220 g/mol. The number of halogens is 1. The van der Waals surface area contributed by atoms with E-state index < -0.39 is 0 Å². The van der Waals surface area contributed by atoms with Crippen molar-refractivity contribution in [1.82, 2.24) is 0 Å². The van der Waals surface area contributed by atoms with E-state index in [4.69, 9.17) is 0 Å². The lowest BCUT2D eigenvalue weighted by Gasteiger charge is -2.12. The first kappa shape index (κ1) is 10.0. The molecule has 0 aromatic rings. The number of esters is 1. The van der Waals surface area contributed by atoms with Gasteiger partial charge >= 0.3 is 5.97 Å². The molecule has 2 nitrogen and oxygen atoms in total. The molecular formula is C9H15BrO2. The van der Waals surface area contributed by atoms with Gasteiger partial charge < -0.3 is 4.74 Å². The first-order valence-electron chi connectivity index (χ1n) is 4.46. The van der Waals surface area contributed by atoms with Crippen molar-refractivity contribution in [1.29, 1.82) is 0 Å². The van der Waals surface area contributed by atoms with Gasteiger partial charge in [-0.1, -0.05) is 41.6 Å². The van der Waals surface area contributed by atoms with Crippen molar-refractivity contribution >= 4 is 21.9 Å². The Morgan fingerprint density at radius 1 is 1.58 bits per heavy atom. The fourth-order valence-electron chi connectivity index (χ4n) is 1.76. The minimum absolute atomic E-state index is 0.0920. The maximum atomic E-state index is 11.0. The molecule has 0 N–H and O–H groups in total. The summed E-state index contributed by atoms with van der Waals surface area (Å²) in [6, 6.07) is 0. The molecule has 0 heterocycles. The first-order valence-corrected chi connectivity index (χ1v) is 5.37. The van der Waals surface area contributed by atoms with Crippen molar-refractivity contribution in [3.05, 3.63) is 0 Å². The molecule has 0 unspecified atom stereocenters. The summed E-state index contributed by atoms with van der Waals surface area (Å²) in [5.41, 5.74) is 0. The van der Waals surface area contributed by atoms with Crippen LogP contribution in [0.25, 0.3) is 0 Å². The largest absolute Gasteiger partial charge is 0.468 e. The predicted octanol–water partition coefficient (Wildman–Crippen LogP) is 2.50. The molecule has 1 atom stereocenters. The lowest BCUT2D eigenvalue weighted by molar-refractivity contribution is -0.140. The molecule has 1 aliphatic carbocycles. The highest BCUT2D eigenvalue weighted by Crippen LogP contribution is 2.30. The second kappa shape index (κ2) is 4.85. The van der Waals surface area contributed by atoms with Gasteiger partial charge in [0.2, 0.25) is 0 Å². The number of carbonyl (C=O) groups is 1. The Morgan fingerprint density at radius 3 is 2.67 bits per heavy atom. The van der Waals surface area contributed by atoms with E-state index in [1.807, 2.05) is 0 Å². The normalized spacial score (nSPS) is 20.8. The van der Waals surface area contributed by atoms with Crippen molar-refractivity contribution in [2.24, 2.45) is 5.92 Å². The maximum absolute atomic E-state index is 11.0. The van der Waals surface area contributed by atoms with Crippen molar-refractivity contribution in [2.45, 2.75) is 36.9 Å². The molecule has 70 valence electrons. The zero-order valence-corrected chi connectivity index (χ0v) is 8.97. The van der Waals surface area contributed by atoms with Crippen LogP contribution >= 0.6 is 15.9 Å². The van der Waals surface area contributed by atoms with Gasteiger partial charge in [0.1, 0.15) is 4.83 Å².